The quantitative estimate of drug-likeness (QED) is 0.616. The van der Waals surface area contributed by atoms with E-state index in [0.717, 1.165) is 0 Å². The van der Waals surface area contributed by atoms with Crippen LogP contribution in [0.15, 0.2) is 10.9 Å². The summed E-state index contributed by atoms with van der Waals surface area (Å²) in [5, 5.41) is 4.97. The molecule has 0 aliphatic rings. The van der Waals surface area contributed by atoms with Gasteiger partial charge in [-0.05, 0) is 12.8 Å². The Morgan fingerprint density at radius 3 is 2.09 bits per heavy atom. The van der Waals surface area contributed by atoms with Gasteiger partial charge in [0.2, 0.25) is 0 Å². The molecule has 1 N–H and O–H groups in total. The molecule has 66 valence electrons. The molecule has 2 heteroatoms. The average Bonchev–Trinajstić information content (AvgIpc) is 2.00. The predicted molar refractivity (Wildman–Crippen MR) is 55.8 cm³/mol. The maximum absolute atomic E-state index is 3.30. The first-order valence-electron chi connectivity index (χ1n) is 4.62. The lowest BCUT2D eigenvalue weighted by atomic mass is 10.2. The molecule has 0 saturated carbocycles. The molecule has 0 unspecified atom stereocenters. The number of allylic oxidation sites excluding steroid dienone is 2. The summed E-state index contributed by atoms with van der Waals surface area (Å²) in [5.74, 6) is 0. The molecular weight excluding hydrogens is 150 g/mol. The van der Waals surface area contributed by atoms with Crippen molar-refractivity contribution < 1.29 is 0 Å². The normalized spacial score (nSPS) is 13.0. The van der Waals surface area contributed by atoms with Crippen molar-refractivity contribution in [2.75, 3.05) is 7.05 Å². The van der Waals surface area contributed by atoms with Crippen molar-refractivity contribution in [1.29, 1.82) is 0 Å². The number of hydrogen-bond donors (Lipinski definition) is 1. The van der Waals surface area contributed by atoms with Gasteiger partial charge in [0, 0.05) is 23.0 Å². The molecule has 0 bridgehead atoms. The van der Waals surface area contributed by atoms with Gasteiger partial charge >= 0.3 is 0 Å². The van der Waals surface area contributed by atoms with E-state index in [-0.39, 0.29) is 0 Å². The van der Waals surface area contributed by atoms with E-state index < -0.39 is 0 Å². The van der Waals surface area contributed by atoms with Crippen molar-refractivity contribution in [3.05, 3.63) is 10.9 Å². The van der Waals surface area contributed by atoms with Crippen LogP contribution in [0.3, 0.4) is 0 Å². The van der Waals surface area contributed by atoms with E-state index in [9.17, 15) is 0 Å². The first-order chi connectivity index (χ1) is 5.26. The van der Waals surface area contributed by atoms with Crippen LogP contribution >= 0.6 is 0 Å². The molecule has 0 aliphatic heterocycles. The molecule has 0 radical (unpaired) electrons. The SMILES string of the molecule is CCCC([SiH3])=C(CCC)NC. The third-order valence-corrected chi connectivity index (χ3v) is 3.05. The Hall–Kier alpha value is -0.243. The van der Waals surface area contributed by atoms with Crippen molar-refractivity contribution in [3.8, 4) is 0 Å². The fraction of sp³-hybridized carbons (Fsp3) is 0.778. The molecule has 0 aromatic heterocycles. The highest BCUT2D eigenvalue weighted by molar-refractivity contribution is 6.21. The molecule has 0 aromatic carbocycles. The van der Waals surface area contributed by atoms with Gasteiger partial charge in [-0.1, -0.05) is 31.9 Å². The zero-order chi connectivity index (χ0) is 8.69. The van der Waals surface area contributed by atoms with Crippen LogP contribution in [0.5, 0.6) is 0 Å². The van der Waals surface area contributed by atoms with E-state index in [4.69, 9.17) is 0 Å². The fourth-order valence-corrected chi connectivity index (χ4v) is 2.33. The van der Waals surface area contributed by atoms with Gasteiger partial charge in [0.25, 0.3) is 0 Å². The van der Waals surface area contributed by atoms with Crippen molar-refractivity contribution >= 4 is 10.2 Å². The second-order valence-electron chi connectivity index (χ2n) is 3.01. The minimum Gasteiger partial charge on any atom is -0.392 e. The zero-order valence-electron chi connectivity index (χ0n) is 8.33. The molecule has 0 rings (SSSR count). The minimum absolute atomic E-state index is 1.22. The molecule has 0 heterocycles. The second-order valence-corrected chi connectivity index (χ2v) is 4.22. The molecule has 11 heavy (non-hydrogen) atoms. The molecule has 0 atom stereocenters. The summed E-state index contributed by atoms with van der Waals surface area (Å²) in [6.07, 6.45) is 5.07. The first-order valence-corrected chi connectivity index (χ1v) is 5.62. The Labute approximate surface area is 73.7 Å². The molecule has 0 spiro atoms. The Balaban J connectivity index is 4.02. The summed E-state index contributed by atoms with van der Waals surface area (Å²) in [6.45, 7) is 4.48. The molecule has 1 nitrogen and oxygen atoms in total. The van der Waals surface area contributed by atoms with E-state index in [1.807, 2.05) is 7.05 Å². The second kappa shape index (κ2) is 6.47. The van der Waals surface area contributed by atoms with Crippen LogP contribution < -0.4 is 5.32 Å². The smallest absolute Gasteiger partial charge is 0.0355 e. The fourth-order valence-electron chi connectivity index (χ4n) is 1.33. The molecule has 0 aliphatic carbocycles. The van der Waals surface area contributed by atoms with Crippen LogP contribution in [0.2, 0.25) is 0 Å². The van der Waals surface area contributed by atoms with Crippen LogP contribution in [0, 0.1) is 0 Å². The van der Waals surface area contributed by atoms with Crippen molar-refractivity contribution in [2.24, 2.45) is 0 Å². The average molecular weight is 171 g/mol. The highest BCUT2D eigenvalue weighted by Crippen LogP contribution is 2.09. The van der Waals surface area contributed by atoms with Gasteiger partial charge in [0.05, 0.1) is 0 Å². The van der Waals surface area contributed by atoms with E-state index in [2.05, 4.69) is 19.2 Å². The van der Waals surface area contributed by atoms with E-state index in [0.29, 0.717) is 0 Å². The Morgan fingerprint density at radius 2 is 1.73 bits per heavy atom. The van der Waals surface area contributed by atoms with Gasteiger partial charge in [-0.25, -0.2) is 0 Å². The van der Waals surface area contributed by atoms with Crippen LogP contribution in [-0.4, -0.2) is 17.3 Å². The van der Waals surface area contributed by atoms with E-state index >= 15 is 0 Å². The molecule has 0 fully saturated rings. The Morgan fingerprint density at radius 1 is 1.18 bits per heavy atom. The monoisotopic (exact) mass is 171 g/mol. The first kappa shape index (κ1) is 10.8. The molecular formula is C9H21NSi. The van der Waals surface area contributed by atoms with Crippen LogP contribution in [0.4, 0.5) is 0 Å². The highest BCUT2D eigenvalue weighted by atomic mass is 28.1. The van der Waals surface area contributed by atoms with Crippen molar-refractivity contribution in [3.63, 3.8) is 0 Å². The lowest BCUT2D eigenvalue weighted by Gasteiger charge is -2.09. The van der Waals surface area contributed by atoms with Crippen molar-refractivity contribution in [1.82, 2.24) is 5.32 Å². The molecule has 0 aromatic rings. The highest BCUT2D eigenvalue weighted by Gasteiger charge is 1.97. The molecule has 0 saturated heterocycles. The van der Waals surface area contributed by atoms with Crippen LogP contribution in [0.25, 0.3) is 0 Å². The third-order valence-electron chi connectivity index (χ3n) is 1.94. The van der Waals surface area contributed by atoms with E-state index in [1.165, 1.54) is 41.6 Å². The van der Waals surface area contributed by atoms with E-state index in [1.54, 1.807) is 5.20 Å². The Bertz CT molecular complexity index is 130. The lowest BCUT2D eigenvalue weighted by molar-refractivity contribution is 0.789. The third kappa shape index (κ3) is 4.25. The number of nitrogens with one attached hydrogen (secondary N) is 1. The largest absolute Gasteiger partial charge is 0.392 e. The summed E-state index contributed by atoms with van der Waals surface area (Å²) >= 11 is 0. The van der Waals surface area contributed by atoms with Gasteiger partial charge < -0.3 is 5.32 Å². The van der Waals surface area contributed by atoms with Gasteiger partial charge in [-0.2, -0.15) is 0 Å². The van der Waals surface area contributed by atoms with Crippen molar-refractivity contribution in [2.45, 2.75) is 39.5 Å². The molecule has 0 amide bonds. The van der Waals surface area contributed by atoms with Gasteiger partial charge in [-0.15, -0.1) is 0 Å². The van der Waals surface area contributed by atoms with Crippen LogP contribution in [-0.2, 0) is 0 Å². The minimum atomic E-state index is 1.22. The maximum atomic E-state index is 3.30. The van der Waals surface area contributed by atoms with Gasteiger partial charge in [-0.3, -0.25) is 0 Å². The van der Waals surface area contributed by atoms with Crippen LogP contribution in [0.1, 0.15) is 39.5 Å². The lowest BCUT2D eigenvalue weighted by Crippen LogP contribution is -2.09. The number of hydrogen-bond acceptors (Lipinski definition) is 1. The van der Waals surface area contributed by atoms with Gasteiger partial charge in [0.15, 0.2) is 0 Å². The standard InChI is InChI=1S/C9H21NSi/c1-4-6-8(10-3)9(11)7-5-2/h10H,4-7H2,1-3,11H3. The summed E-state index contributed by atoms with van der Waals surface area (Å²) in [4.78, 5) is 0. The summed E-state index contributed by atoms with van der Waals surface area (Å²) in [5.41, 5.74) is 1.50. The zero-order valence-corrected chi connectivity index (χ0v) is 10.3. The summed E-state index contributed by atoms with van der Waals surface area (Å²) in [7, 11) is 3.26. The predicted octanol–water partition coefficient (Wildman–Crippen LogP) is 1.38. The Kier molecular flexibility index (Phi) is 6.32. The van der Waals surface area contributed by atoms with Gasteiger partial charge in [0.1, 0.15) is 0 Å². The summed E-state index contributed by atoms with van der Waals surface area (Å²) in [6, 6.07) is 0. The number of rotatable bonds is 5. The maximum Gasteiger partial charge on any atom is 0.0355 e. The summed E-state index contributed by atoms with van der Waals surface area (Å²) < 4.78 is 0. The topological polar surface area (TPSA) is 12.0 Å².